The fraction of sp³-hybridized carbons (Fsp3) is 0.414. The lowest BCUT2D eigenvalue weighted by molar-refractivity contribution is -0.0872. The molecule has 2 amide bonds. The van der Waals surface area contributed by atoms with Gasteiger partial charge in [0.25, 0.3) is 5.91 Å². The zero-order valence-corrected chi connectivity index (χ0v) is 22.5. The largest absolute Gasteiger partial charge is 0.457 e. The highest BCUT2D eigenvalue weighted by Crippen LogP contribution is 2.42. The summed E-state index contributed by atoms with van der Waals surface area (Å²) in [6.07, 6.45) is 1.58. The number of amides is 2. The van der Waals surface area contributed by atoms with Crippen LogP contribution in [0.15, 0.2) is 54.6 Å². The van der Waals surface area contributed by atoms with E-state index in [1.165, 1.54) is 0 Å². The Labute approximate surface area is 227 Å². The van der Waals surface area contributed by atoms with Gasteiger partial charge < -0.3 is 20.5 Å². The van der Waals surface area contributed by atoms with Crippen LogP contribution in [0.4, 0.5) is 10.5 Å². The van der Waals surface area contributed by atoms with Gasteiger partial charge in [0.15, 0.2) is 5.69 Å². The fourth-order valence-corrected chi connectivity index (χ4v) is 5.87. The van der Waals surface area contributed by atoms with E-state index < -0.39 is 11.5 Å². The van der Waals surface area contributed by atoms with E-state index in [4.69, 9.17) is 20.3 Å². The van der Waals surface area contributed by atoms with Gasteiger partial charge >= 0.3 is 6.09 Å². The number of hydrogen-bond acceptors (Lipinski definition) is 7. The van der Waals surface area contributed by atoms with Gasteiger partial charge in [0.2, 0.25) is 0 Å². The van der Waals surface area contributed by atoms with Crippen LogP contribution in [0.3, 0.4) is 0 Å². The predicted molar refractivity (Wildman–Crippen MR) is 146 cm³/mol. The van der Waals surface area contributed by atoms with Crippen molar-refractivity contribution in [1.82, 2.24) is 19.6 Å². The van der Waals surface area contributed by atoms with Gasteiger partial charge in [0, 0.05) is 19.6 Å². The third-order valence-corrected chi connectivity index (χ3v) is 7.51. The average Bonchev–Trinajstić information content (AvgIpc) is 3.29. The maximum Gasteiger partial charge on any atom is 0.410 e. The van der Waals surface area contributed by atoms with E-state index in [-0.39, 0.29) is 24.2 Å². The van der Waals surface area contributed by atoms with Crippen molar-refractivity contribution in [2.24, 2.45) is 5.73 Å². The number of carbonyl (C=O) groups excluding carboxylic acids is 2. The summed E-state index contributed by atoms with van der Waals surface area (Å²) in [7, 11) is 0. The summed E-state index contributed by atoms with van der Waals surface area (Å²) >= 11 is 0. The maximum atomic E-state index is 12.7. The third kappa shape index (κ3) is 4.80. The Bertz CT molecular complexity index is 1370. The number of anilines is 1. The molecule has 0 spiro atoms. The van der Waals surface area contributed by atoms with Crippen molar-refractivity contribution in [1.29, 1.82) is 0 Å². The van der Waals surface area contributed by atoms with Gasteiger partial charge in [-0.25, -0.2) is 9.48 Å². The van der Waals surface area contributed by atoms with Gasteiger partial charge in [-0.15, -0.1) is 0 Å². The Balaban J connectivity index is 1.24. The van der Waals surface area contributed by atoms with Crippen molar-refractivity contribution in [3.8, 4) is 17.2 Å². The number of hydrogen-bond donors (Lipinski definition) is 2. The Hall–Kier alpha value is -4.05. The molecule has 3 N–H and O–H groups in total. The molecule has 3 atom stereocenters. The molecule has 0 saturated carbocycles. The van der Waals surface area contributed by atoms with Crippen LogP contribution >= 0.6 is 0 Å². The van der Waals surface area contributed by atoms with Gasteiger partial charge in [-0.05, 0) is 70.0 Å². The minimum Gasteiger partial charge on any atom is -0.457 e. The molecule has 4 aliphatic heterocycles. The van der Waals surface area contributed by atoms with E-state index >= 15 is 0 Å². The molecular formula is C29H34N6O4. The summed E-state index contributed by atoms with van der Waals surface area (Å²) in [6.45, 7) is 7.85. The predicted octanol–water partition coefficient (Wildman–Crippen LogP) is 4.31. The molecule has 5 heterocycles. The number of piperidine rings is 1. The second kappa shape index (κ2) is 9.60. The molecule has 1 aromatic heterocycles. The second-order valence-electron chi connectivity index (χ2n) is 11.4. The summed E-state index contributed by atoms with van der Waals surface area (Å²) < 4.78 is 13.2. The highest BCUT2D eigenvalue weighted by Gasteiger charge is 2.51. The lowest BCUT2D eigenvalue weighted by Crippen LogP contribution is -2.70. The van der Waals surface area contributed by atoms with Crippen LogP contribution < -0.4 is 15.8 Å². The standard InChI is InChI=1S/C29H34N6O4/c1-29(2,3)39-28(37)34-19-15-20(34)17-33(16-19)23-13-14-31-25-24(23)32-35(26(25)27(30)36)18-9-11-22(12-10-18)38-21-7-5-4-6-8-21/h4-12,19-20,23,31H,13-17H2,1-3H3,(H2,30,36). The highest BCUT2D eigenvalue weighted by molar-refractivity contribution is 5.98. The summed E-state index contributed by atoms with van der Waals surface area (Å²) in [5, 5.41) is 8.29. The van der Waals surface area contributed by atoms with E-state index in [0.29, 0.717) is 23.7 Å². The van der Waals surface area contributed by atoms with Gasteiger partial charge in [-0.3, -0.25) is 14.6 Å². The van der Waals surface area contributed by atoms with Gasteiger partial charge in [-0.1, -0.05) is 18.2 Å². The SMILES string of the molecule is CC(C)(C)OC(=O)N1C2CC1CN(C1CCNc3c1nn(-c1ccc(Oc4ccccc4)cc1)c3C(N)=O)C2. The molecule has 0 radical (unpaired) electrons. The average molecular weight is 531 g/mol. The number of aromatic nitrogens is 2. The number of benzene rings is 2. The van der Waals surface area contributed by atoms with E-state index in [1.54, 1.807) is 4.68 Å². The first kappa shape index (κ1) is 25.2. The molecule has 10 heteroatoms. The molecule has 3 aromatic rings. The topological polar surface area (TPSA) is 115 Å². The van der Waals surface area contributed by atoms with Crippen molar-refractivity contribution in [2.45, 2.75) is 57.3 Å². The first-order valence-corrected chi connectivity index (χ1v) is 13.4. The molecule has 0 aliphatic carbocycles. The Morgan fingerprint density at radius 2 is 1.67 bits per heavy atom. The monoisotopic (exact) mass is 530 g/mol. The zero-order valence-electron chi connectivity index (χ0n) is 22.5. The van der Waals surface area contributed by atoms with Gasteiger partial charge in [0.1, 0.15) is 22.8 Å². The number of nitrogens with zero attached hydrogens (tertiary/aromatic N) is 4. The van der Waals surface area contributed by atoms with E-state index in [9.17, 15) is 9.59 Å². The molecule has 3 fully saturated rings. The van der Waals surface area contributed by atoms with E-state index in [2.05, 4.69) is 10.2 Å². The van der Waals surface area contributed by atoms with Gasteiger partial charge in [-0.2, -0.15) is 5.10 Å². The Kier molecular flexibility index (Phi) is 6.22. The summed E-state index contributed by atoms with van der Waals surface area (Å²) in [6, 6.07) is 17.2. The van der Waals surface area contributed by atoms with Crippen LogP contribution in [-0.2, 0) is 4.74 Å². The van der Waals surface area contributed by atoms with E-state index in [0.717, 1.165) is 43.1 Å². The smallest absolute Gasteiger partial charge is 0.410 e. The molecule has 204 valence electrons. The number of nitrogens with one attached hydrogen (secondary N) is 1. The highest BCUT2D eigenvalue weighted by atomic mass is 16.6. The van der Waals surface area contributed by atoms with Crippen molar-refractivity contribution in [3.63, 3.8) is 0 Å². The molecule has 39 heavy (non-hydrogen) atoms. The minimum atomic E-state index is -0.542. The first-order valence-electron chi connectivity index (χ1n) is 13.4. The number of piperazine rings is 1. The van der Waals surface area contributed by atoms with Crippen molar-refractivity contribution in [3.05, 3.63) is 66.0 Å². The normalized spacial score (nSPS) is 22.3. The summed E-state index contributed by atoms with van der Waals surface area (Å²) in [4.78, 5) is 29.6. The molecule has 4 aliphatic rings. The molecular weight excluding hydrogens is 496 g/mol. The number of nitrogens with two attached hydrogens (primary N) is 1. The lowest BCUT2D eigenvalue weighted by Gasteiger charge is -2.57. The first-order chi connectivity index (χ1) is 18.7. The number of ether oxygens (including phenoxy) is 2. The number of rotatable bonds is 5. The van der Waals surface area contributed by atoms with Crippen molar-refractivity contribution >= 4 is 17.7 Å². The zero-order chi connectivity index (χ0) is 27.3. The Morgan fingerprint density at radius 3 is 2.31 bits per heavy atom. The quantitative estimate of drug-likeness (QED) is 0.505. The molecule has 7 rings (SSSR count). The maximum absolute atomic E-state index is 12.7. The number of fused-ring (bicyclic) bond motifs is 3. The number of carbonyl (C=O) groups is 2. The fourth-order valence-electron chi connectivity index (χ4n) is 5.87. The van der Waals surface area contributed by atoms with Crippen LogP contribution in [0.5, 0.6) is 11.5 Å². The van der Waals surface area contributed by atoms with Crippen LogP contribution in [0.1, 0.15) is 55.8 Å². The van der Waals surface area contributed by atoms with Crippen LogP contribution in [0, 0.1) is 0 Å². The summed E-state index contributed by atoms with van der Waals surface area (Å²) in [5.74, 6) is 0.883. The molecule has 10 nitrogen and oxygen atoms in total. The van der Waals surface area contributed by atoms with Crippen molar-refractivity contribution in [2.75, 3.05) is 25.0 Å². The molecule has 2 aromatic carbocycles. The minimum absolute atomic E-state index is 0.0207. The van der Waals surface area contributed by atoms with Crippen LogP contribution in [0.25, 0.3) is 5.69 Å². The molecule has 3 unspecified atom stereocenters. The second-order valence-corrected chi connectivity index (χ2v) is 11.4. The molecule has 3 saturated heterocycles. The Morgan fingerprint density at radius 1 is 1.00 bits per heavy atom. The van der Waals surface area contributed by atoms with E-state index in [1.807, 2.05) is 80.3 Å². The molecule has 2 bridgehead atoms. The number of primary amides is 1. The lowest BCUT2D eigenvalue weighted by atomic mass is 9.86. The van der Waals surface area contributed by atoms with Crippen LogP contribution in [-0.4, -0.2) is 68.9 Å². The number of para-hydroxylation sites is 1. The summed E-state index contributed by atoms with van der Waals surface area (Å²) in [5.41, 5.74) is 7.90. The van der Waals surface area contributed by atoms with Crippen molar-refractivity contribution < 1.29 is 19.1 Å². The van der Waals surface area contributed by atoms with Gasteiger partial charge in [0.05, 0.1) is 29.5 Å². The van der Waals surface area contributed by atoms with Crippen LogP contribution in [0.2, 0.25) is 0 Å². The third-order valence-electron chi connectivity index (χ3n) is 7.51.